The first kappa shape index (κ1) is 17.2. The minimum Gasteiger partial charge on any atom is -0.462 e. The van der Waals surface area contributed by atoms with Crippen molar-refractivity contribution < 1.29 is 33.5 Å². The van der Waals surface area contributed by atoms with Crippen LogP contribution in [0.3, 0.4) is 0 Å². The van der Waals surface area contributed by atoms with Crippen molar-refractivity contribution in [2.24, 2.45) is 0 Å². The Morgan fingerprint density at radius 1 is 1.57 bits per heavy atom. The summed E-state index contributed by atoms with van der Waals surface area (Å²) in [5.41, 5.74) is 0.554. The molecule has 0 aromatic rings. The van der Waals surface area contributed by atoms with Crippen LogP contribution in [0, 0.1) is 0 Å². The summed E-state index contributed by atoms with van der Waals surface area (Å²) in [6.45, 7) is 2.67. The molecular weight excluding hydrogens is 313 g/mol. The van der Waals surface area contributed by atoms with Crippen LogP contribution in [0.15, 0.2) is 11.6 Å². The summed E-state index contributed by atoms with van der Waals surface area (Å²) in [5.74, 6) is -1.79. The maximum Gasteiger partial charge on any atom is 0.370 e. The molecule has 2 heterocycles. The fourth-order valence-corrected chi connectivity index (χ4v) is 2.60. The summed E-state index contributed by atoms with van der Waals surface area (Å²) in [6, 6.07) is -2.28. The lowest BCUT2D eigenvalue weighted by atomic mass is 10.0. The van der Waals surface area contributed by atoms with Gasteiger partial charge in [-0.05, 0) is 19.4 Å². The van der Waals surface area contributed by atoms with Crippen molar-refractivity contribution in [1.29, 1.82) is 0 Å². The number of hydroxylamine groups is 2. The number of rotatable bonds is 6. The number of carbonyl (C=O) groups is 3. The minimum absolute atomic E-state index is 0.0193. The van der Waals surface area contributed by atoms with E-state index in [0.717, 1.165) is 5.06 Å². The number of nitrogens with zero attached hydrogens (tertiary/aromatic N) is 2. The zero-order valence-electron chi connectivity index (χ0n) is 12.7. The largest absolute Gasteiger partial charge is 0.462 e. The van der Waals surface area contributed by atoms with Crippen molar-refractivity contribution in [3.8, 4) is 0 Å². The molecule has 0 unspecified atom stereocenters. The van der Waals surface area contributed by atoms with Gasteiger partial charge in [-0.15, -0.1) is 0 Å². The number of urea groups is 1. The topological polar surface area (TPSA) is 108 Å². The van der Waals surface area contributed by atoms with Crippen molar-refractivity contribution in [3.05, 3.63) is 11.6 Å². The first-order valence-electron chi connectivity index (χ1n) is 7.04. The summed E-state index contributed by atoms with van der Waals surface area (Å²) in [7, 11) is 0. The van der Waals surface area contributed by atoms with E-state index < -0.39 is 43.1 Å². The number of carbonyl (C=O) groups excluding carboxylic acids is 3. The van der Waals surface area contributed by atoms with Crippen LogP contribution in [0.5, 0.6) is 0 Å². The van der Waals surface area contributed by atoms with E-state index in [0.29, 0.717) is 5.57 Å². The number of aliphatic hydroxyl groups excluding tert-OH is 1. The third kappa shape index (κ3) is 3.27. The average Bonchev–Trinajstić information content (AvgIpc) is 2.73. The number of hydrogen-bond donors (Lipinski definition) is 2. The van der Waals surface area contributed by atoms with Crippen molar-refractivity contribution in [3.63, 3.8) is 0 Å². The zero-order chi connectivity index (χ0) is 17.1. The highest BCUT2D eigenvalue weighted by atomic mass is 19.1. The highest BCUT2D eigenvalue weighted by Gasteiger charge is 2.48. The summed E-state index contributed by atoms with van der Waals surface area (Å²) < 4.78 is 18.2. The molecule has 2 rings (SSSR count). The van der Waals surface area contributed by atoms with Crippen LogP contribution in [0.4, 0.5) is 9.18 Å². The lowest BCUT2D eigenvalue weighted by Gasteiger charge is -2.28. The minimum atomic E-state index is -2.43. The van der Waals surface area contributed by atoms with Gasteiger partial charge >= 0.3 is 18.4 Å². The van der Waals surface area contributed by atoms with Crippen molar-refractivity contribution in [2.75, 3.05) is 19.9 Å². The Hall–Kier alpha value is -2.20. The molecule has 0 spiro atoms. The van der Waals surface area contributed by atoms with Gasteiger partial charge in [0.05, 0.1) is 19.2 Å². The van der Waals surface area contributed by atoms with Gasteiger partial charge in [0.2, 0.25) is 5.91 Å². The summed E-state index contributed by atoms with van der Waals surface area (Å²) in [6.07, 6.45) is -0.848. The van der Waals surface area contributed by atoms with Crippen LogP contribution in [0.25, 0.3) is 0 Å². The van der Waals surface area contributed by atoms with Gasteiger partial charge in [-0.25, -0.2) is 18.8 Å². The zero-order valence-corrected chi connectivity index (χ0v) is 12.7. The number of fused-ring (bicyclic) bond motifs is 2. The molecule has 0 aromatic heterocycles. The second kappa shape index (κ2) is 6.92. The van der Waals surface area contributed by atoms with Gasteiger partial charge in [0.15, 0.2) is 0 Å². The van der Waals surface area contributed by atoms with E-state index in [2.05, 4.69) is 10.1 Å². The van der Waals surface area contributed by atoms with Gasteiger partial charge in [-0.1, -0.05) is 6.08 Å². The molecule has 2 N–H and O–H groups in total. The van der Waals surface area contributed by atoms with Gasteiger partial charge in [-0.3, -0.25) is 4.79 Å². The van der Waals surface area contributed by atoms with E-state index in [9.17, 15) is 18.8 Å². The summed E-state index contributed by atoms with van der Waals surface area (Å²) in [4.78, 5) is 41.5. The molecule has 9 nitrogen and oxygen atoms in total. The van der Waals surface area contributed by atoms with Crippen molar-refractivity contribution in [1.82, 2.24) is 15.3 Å². The number of ether oxygens (including phenoxy) is 1. The molecule has 2 bridgehead atoms. The van der Waals surface area contributed by atoms with Crippen LogP contribution >= 0.6 is 0 Å². The number of aliphatic hydroxyl groups is 1. The number of nitrogens with one attached hydrogen (secondary N) is 1. The molecule has 0 saturated carbocycles. The Morgan fingerprint density at radius 3 is 2.87 bits per heavy atom. The third-order valence-electron chi connectivity index (χ3n) is 3.50. The lowest BCUT2D eigenvalue weighted by molar-refractivity contribution is -0.223. The Labute approximate surface area is 131 Å². The number of hydrogen-bond acceptors (Lipinski definition) is 6. The molecule has 2 aliphatic rings. The predicted molar refractivity (Wildman–Crippen MR) is 73.1 cm³/mol. The molecule has 0 radical (unpaired) electrons. The van der Waals surface area contributed by atoms with Crippen molar-refractivity contribution in [2.45, 2.75) is 32.3 Å². The van der Waals surface area contributed by atoms with Crippen LogP contribution in [0.2, 0.25) is 0 Å². The molecule has 3 atom stereocenters. The van der Waals surface area contributed by atoms with E-state index in [1.54, 1.807) is 13.0 Å². The molecule has 3 amide bonds. The number of halogens is 1. The van der Waals surface area contributed by atoms with Crippen LogP contribution in [-0.2, 0) is 19.2 Å². The summed E-state index contributed by atoms with van der Waals surface area (Å²) >= 11 is 0. The van der Waals surface area contributed by atoms with Crippen LogP contribution in [0.1, 0.15) is 13.8 Å². The maximum atomic E-state index is 13.7. The van der Waals surface area contributed by atoms with E-state index >= 15 is 0 Å². The Morgan fingerprint density at radius 2 is 2.26 bits per heavy atom. The average molecular weight is 331 g/mol. The predicted octanol–water partition coefficient (Wildman–Crippen LogP) is -0.723. The fourth-order valence-electron chi connectivity index (χ4n) is 2.60. The van der Waals surface area contributed by atoms with Gasteiger partial charge in [0.25, 0.3) is 0 Å². The Bertz CT molecular complexity index is 540. The van der Waals surface area contributed by atoms with Gasteiger partial charge in [-0.2, -0.15) is 5.06 Å². The molecule has 10 heteroatoms. The van der Waals surface area contributed by atoms with E-state index in [1.807, 2.05) is 0 Å². The fraction of sp³-hybridized carbons (Fsp3) is 0.615. The lowest BCUT2D eigenvalue weighted by Crippen LogP contribution is -2.50. The highest BCUT2D eigenvalue weighted by Crippen LogP contribution is 2.30. The molecular formula is C13H18FN3O6. The maximum absolute atomic E-state index is 13.7. The molecule has 0 aliphatic carbocycles. The standard InChI is InChI=1S/C13H18FN3O6/c1-3-22-12(20)10(14)23-17-8-4-7(2)9(11(19)15-6-18)16(5-8)13(17)21/h4,8-10,18H,3,5-6H2,1-2H3,(H,15,19)/t8-,9-,10-/m0/s1. The second-order valence-corrected chi connectivity index (χ2v) is 5.01. The normalized spacial score (nSPS) is 24.3. The van der Waals surface area contributed by atoms with Crippen LogP contribution in [-0.4, -0.2) is 71.3 Å². The van der Waals surface area contributed by atoms with Crippen molar-refractivity contribution >= 4 is 17.9 Å². The highest BCUT2D eigenvalue weighted by molar-refractivity contribution is 5.91. The quantitative estimate of drug-likeness (QED) is 0.378. The van der Waals surface area contributed by atoms with E-state index in [-0.39, 0.29) is 13.2 Å². The molecule has 1 saturated heterocycles. The van der Waals surface area contributed by atoms with Gasteiger partial charge in [0, 0.05) is 0 Å². The monoisotopic (exact) mass is 331 g/mol. The summed E-state index contributed by atoms with van der Waals surface area (Å²) in [5, 5.41) is 11.7. The first-order chi connectivity index (χ1) is 10.9. The third-order valence-corrected chi connectivity index (χ3v) is 3.50. The molecule has 2 aliphatic heterocycles. The molecule has 0 aromatic carbocycles. The molecule has 1 fully saturated rings. The Kier molecular flexibility index (Phi) is 5.16. The molecule has 23 heavy (non-hydrogen) atoms. The smallest absolute Gasteiger partial charge is 0.370 e. The van der Waals surface area contributed by atoms with Gasteiger partial charge < -0.3 is 20.1 Å². The SMILES string of the molecule is CCOC(=O)[C@@H](F)ON1C(=O)N2C[C@@H]1C=C(C)[C@H]2C(=O)NCO. The Balaban J connectivity index is 2.12. The molecule has 128 valence electrons. The number of alkyl halides is 1. The van der Waals surface area contributed by atoms with E-state index in [4.69, 9.17) is 9.94 Å². The van der Waals surface area contributed by atoms with Gasteiger partial charge in [0.1, 0.15) is 12.8 Å². The number of amides is 3. The van der Waals surface area contributed by atoms with E-state index in [1.165, 1.54) is 11.8 Å². The second-order valence-electron chi connectivity index (χ2n) is 5.01. The van der Waals surface area contributed by atoms with Crippen LogP contribution < -0.4 is 5.32 Å². The number of esters is 1. The first-order valence-corrected chi connectivity index (χ1v) is 7.04.